The van der Waals surface area contributed by atoms with E-state index in [4.69, 9.17) is 0 Å². The van der Waals surface area contributed by atoms with Gasteiger partial charge in [0, 0.05) is 12.4 Å². The smallest absolute Gasteiger partial charge is 0.131 e. The molecule has 0 spiro atoms. The monoisotopic (exact) mass is 282 g/mol. The van der Waals surface area contributed by atoms with Gasteiger partial charge >= 0.3 is 0 Å². The van der Waals surface area contributed by atoms with Crippen molar-refractivity contribution >= 4 is 11.6 Å². The molecule has 2 aromatic rings. The van der Waals surface area contributed by atoms with E-state index in [0.717, 1.165) is 24.0 Å². The Kier molecular flexibility index (Phi) is 4.79. The highest BCUT2D eigenvalue weighted by molar-refractivity contribution is 5.51. The Morgan fingerprint density at radius 2 is 2.10 bits per heavy atom. The number of hydrogen-bond acceptors (Lipinski definition) is 4. The number of aromatic nitrogens is 2. The molecular weight excluding hydrogens is 260 g/mol. The van der Waals surface area contributed by atoms with Gasteiger partial charge in [-0.05, 0) is 74.5 Å². The first-order valence-corrected chi connectivity index (χ1v) is 7.74. The van der Waals surface area contributed by atoms with Gasteiger partial charge in [-0.1, -0.05) is 6.07 Å². The van der Waals surface area contributed by atoms with Crippen molar-refractivity contribution < 1.29 is 0 Å². The van der Waals surface area contributed by atoms with Crippen molar-refractivity contribution in [2.24, 2.45) is 5.92 Å². The number of pyridine rings is 2. The molecule has 3 heterocycles. The van der Waals surface area contributed by atoms with Gasteiger partial charge in [0.05, 0.1) is 0 Å². The minimum Gasteiger partial charge on any atom is -0.325 e. The Morgan fingerprint density at radius 1 is 1.14 bits per heavy atom. The molecule has 0 amide bonds. The molecule has 21 heavy (non-hydrogen) atoms. The lowest BCUT2D eigenvalue weighted by Crippen LogP contribution is -2.29. The Hall–Kier alpha value is -1.94. The zero-order valence-electron chi connectivity index (χ0n) is 12.3. The Morgan fingerprint density at radius 3 is 2.90 bits per heavy atom. The molecule has 110 valence electrons. The third-order valence-corrected chi connectivity index (χ3v) is 3.99. The number of nitrogens with one attached hydrogen (secondary N) is 2. The van der Waals surface area contributed by atoms with Crippen molar-refractivity contribution in [1.82, 2.24) is 15.3 Å². The summed E-state index contributed by atoms with van der Waals surface area (Å²) in [6, 6.07) is 10.1. The van der Waals surface area contributed by atoms with E-state index >= 15 is 0 Å². The van der Waals surface area contributed by atoms with Gasteiger partial charge in [-0.15, -0.1) is 0 Å². The normalized spacial score (nSPS) is 18.4. The second kappa shape index (κ2) is 7.18. The maximum atomic E-state index is 4.37. The van der Waals surface area contributed by atoms with Gasteiger partial charge in [0.25, 0.3) is 0 Å². The molecule has 0 aliphatic carbocycles. The van der Waals surface area contributed by atoms with E-state index in [1.165, 1.54) is 37.9 Å². The molecule has 1 unspecified atom stereocenters. The SMILES string of the molecule is c1ccc(Nc2cc(CCC3CCCNC3)ccn2)nc1. The van der Waals surface area contributed by atoms with Crippen molar-refractivity contribution in [1.29, 1.82) is 0 Å². The van der Waals surface area contributed by atoms with E-state index in [1.54, 1.807) is 6.20 Å². The standard InChI is InChI=1S/C17H22N4/c1-2-10-19-16(5-1)21-17-12-14(8-11-20-17)6-7-15-4-3-9-18-13-15/h1-2,5,8,10-12,15,18H,3-4,6-7,9,13H2,(H,19,20,21). The Labute approximate surface area is 126 Å². The van der Waals surface area contributed by atoms with Crippen LogP contribution in [-0.4, -0.2) is 23.1 Å². The van der Waals surface area contributed by atoms with Gasteiger partial charge in [0.1, 0.15) is 11.6 Å². The molecule has 0 saturated carbocycles. The fraction of sp³-hybridized carbons (Fsp3) is 0.412. The third kappa shape index (κ3) is 4.26. The van der Waals surface area contributed by atoms with Crippen LogP contribution in [0.4, 0.5) is 11.6 Å². The van der Waals surface area contributed by atoms with Gasteiger partial charge < -0.3 is 10.6 Å². The van der Waals surface area contributed by atoms with Crippen LogP contribution in [0.25, 0.3) is 0 Å². The van der Waals surface area contributed by atoms with Crippen LogP contribution < -0.4 is 10.6 Å². The van der Waals surface area contributed by atoms with Gasteiger partial charge in [0.15, 0.2) is 0 Å². The first kappa shape index (κ1) is 14.0. The van der Waals surface area contributed by atoms with Crippen LogP contribution >= 0.6 is 0 Å². The van der Waals surface area contributed by atoms with Crippen LogP contribution in [0.2, 0.25) is 0 Å². The maximum Gasteiger partial charge on any atom is 0.131 e. The molecule has 1 atom stereocenters. The highest BCUT2D eigenvalue weighted by Gasteiger charge is 2.12. The minimum atomic E-state index is 0.819. The lowest BCUT2D eigenvalue weighted by molar-refractivity contribution is 0.358. The second-order valence-corrected chi connectivity index (χ2v) is 5.64. The van der Waals surface area contributed by atoms with E-state index in [-0.39, 0.29) is 0 Å². The van der Waals surface area contributed by atoms with Crippen LogP contribution in [0.3, 0.4) is 0 Å². The number of nitrogens with zero attached hydrogens (tertiary/aromatic N) is 2. The average Bonchev–Trinajstić information content (AvgIpc) is 2.55. The number of piperidine rings is 1. The molecule has 0 radical (unpaired) electrons. The van der Waals surface area contributed by atoms with Gasteiger partial charge in [-0.25, -0.2) is 9.97 Å². The predicted molar refractivity (Wildman–Crippen MR) is 85.7 cm³/mol. The van der Waals surface area contributed by atoms with Gasteiger partial charge in [-0.2, -0.15) is 0 Å². The zero-order valence-corrected chi connectivity index (χ0v) is 12.3. The molecule has 2 N–H and O–H groups in total. The van der Waals surface area contributed by atoms with Crippen LogP contribution in [0.5, 0.6) is 0 Å². The zero-order chi connectivity index (χ0) is 14.3. The van der Waals surface area contributed by atoms with Crippen LogP contribution in [0.1, 0.15) is 24.8 Å². The molecule has 1 aliphatic heterocycles. The van der Waals surface area contributed by atoms with E-state index in [1.807, 2.05) is 24.4 Å². The van der Waals surface area contributed by atoms with Gasteiger partial charge in [0.2, 0.25) is 0 Å². The quantitative estimate of drug-likeness (QED) is 0.884. The summed E-state index contributed by atoms with van der Waals surface area (Å²) in [5, 5.41) is 6.73. The molecule has 2 aromatic heterocycles. The summed E-state index contributed by atoms with van der Waals surface area (Å²) < 4.78 is 0. The van der Waals surface area contributed by atoms with Crippen molar-refractivity contribution in [3.05, 3.63) is 48.3 Å². The largest absolute Gasteiger partial charge is 0.325 e. The van der Waals surface area contributed by atoms with Crippen molar-refractivity contribution in [2.45, 2.75) is 25.7 Å². The fourth-order valence-electron chi connectivity index (χ4n) is 2.81. The molecule has 1 saturated heterocycles. The van der Waals surface area contributed by atoms with Crippen LogP contribution in [0, 0.1) is 5.92 Å². The Balaban J connectivity index is 1.57. The van der Waals surface area contributed by atoms with Crippen molar-refractivity contribution in [3.63, 3.8) is 0 Å². The Bertz CT molecular complexity index is 550. The topological polar surface area (TPSA) is 49.8 Å². The lowest BCUT2D eigenvalue weighted by atomic mass is 9.93. The molecule has 4 heteroatoms. The number of aryl methyl sites for hydroxylation is 1. The molecular formula is C17H22N4. The van der Waals surface area contributed by atoms with Crippen LogP contribution in [0.15, 0.2) is 42.7 Å². The summed E-state index contributed by atoms with van der Waals surface area (Å²) in [4.78, 5) is 8.63. The van der Waals surface area contributed by atoms with E-state index in [2.05, 4.69) is 32.7 Å². The fourth-order valence-corrected chi connectivity index (χ4v) is 2.81. The summed E-state index contributed by atoms with van der Waals surface area (Å²) >= 11 is 0. The highest BCUT2D eigenvalue weighted by Crippen LogP contribution is 2.19. The summed E-state index contributed by atoms with van der Waals surface area (Å²) in [6.45, 7) is 2.36. The number of anilines is 2. The molecule has 4 nitrogen and oxygen atoms in total. The number of hydrogen-bond donors (Lipinski definition) is 2. The van der Waals surface area contributed by atoms with E-state index in [0.29, 0.717) is 0 Å². The maximum absolute atomic E-state index is 4.37. The van der Waals surface area contributed by atoms with Crippen LogP contribution in [-0.2, 0) is 6.42 Å². The first-order chi connectivity index (χ1) is 10.4. The van der Waals surface area contributed by atoms with E-state index < -0.39 is 0 Å². The molecule has 1 fully saturated rings. The lowest BCUT2D eigenvalue weighted by Gasteiger charge is -2.22. The summed E-state index contributed by atoms with van der Waals surface area (Å²) in [5.41, 5.74) is 1.34. The molecule has 3 rings (SSSR count). The highest BCUT2D eigenvalue weighted by atomic mass is 15.0. The summed E-state index contributed by atoms with van der Waals surface area (Å²) in [7, 11) is 0. The summed E-state index contributed by atoms with van der Waals surface area (Å²) in [5.74, 6) is 2.52. The van der Waals surface area contributed by atoms with E-state index in [9.17, 15) is 0 Å². The molecule has 0 bridgehead atoms. The molecule has 1 aliphatic rings. The molecule has 0 aromatic carbocycles. The van der Waals surface area contributed by atoms with Crippen molar-refractivity contribution in [3.8, 4) is 0 Å². The number of rotatable bonds is 5. The van der Waals surface area contributed by atoms with Gasteiger partial charge in [-0.3, -0.25) is 0 Å². The average molecular weight is 282 g/mol. The van der Waals surface area contributed by atoms with Crippen molar-refractivity contribution in [2.75, 3.05) is 18.4 Å². The minimum absolute atomic E-state index is 0.819. The predicted octanol–water partition coefficient (Wildman–Crippen LogP) is 3.15. The summed E-state index contributed by atoms with van der Waals surface area (Å²) in [6.07, 6.45) is 8.69. The first-order valence-electron chi connectivity index (χ1n) is 7.74. The second-order valence-electron chi connectivity index (χ2n) is 5.64. The third-order valence-electron chi connectivity index (χ3n) is 3.99.